The van der Waals surface area contributed by atoms with Crippen molar-refractivity contribution in [2.45, 2.75) is 23.8 Å². The first-order valence-corrected chi connectivity index (χ1v) is 7.51. The van der Waals surface area contributed by atoms with Crippen molar-refractivity contribution >= 4 is 21.4 Å². The van der Waals surface area contributed by atoms with Gasteiger partial charge in [0.25, 0.3) is 0 Å². The third kappa shape index (κ3) is 4.36. The highest BCUT2D eigenvalue weighted by Crippen LogP contribution is 2.21. The summed E-state index contributed by atoms with van der Waals surface area (Å²) in [4.78, 5) is 2.56. The second-order valence-corrected chi connectivity index (χ2v) is 7.27. The summed E-state index contributed by atoms with van der Waals surface area (Å²) in [6.07, 6.45) is 0. The number of thiophene rings is 1. The quantitative estimate of drug-likeness (QED) is 0.793. The van der Waals surface area contributed by atoms with Gasteiger partial charge in [-0.2, -0.15) is 0 Å². The molecular formula is C10H18N2O3S2. The molecule has 1 aromatic heterocycles. The van der Waals surface area contributed by atoms with Crippen LogP contribution in [0.5, 0.6) is 0 Å². The molecular weight excluding hydrogens is 260 g/mol. The molecule has 0 spiro atoms. The van der Waals surface area contributed by atoms with Crippen molar-refractivity contribution in [2.75, 3.05) is 20.6 Å². The van der Waals surface area contributed by atoms with Crippen molar-refractivity contribution in [1.82, 2.24) is 9.62 Å². The molecule has 0 radical (unpaired) electrons. The number of nitrogens with one attached hydrogen (secondary N) is 1. The Kier molecular flexibility index (Phi) is 5.08. The Hall–Kier alpha value is -0.470. The second kappa shape index (κ2) is 5.92. The molecule has 98 valence electrons. The maximum Gasteiger partial charge on any atom is 0.250 e. The molecule has 0 bridgehead atoms. The molecule has 1 atom stereocenters. The van der Waals surface area contributed by atoms with Crippen LogP contribution in [0.4, 0.5) is 0 Å². The van der Waals surface area contributed by atoms with Crippen LogP contribution in [0.2, 0.25) is 0 Å². The number of likely N-dealkylation sites (N-methyl/N-ethyl adjacent to an activating group) is 1. The summed E-state index contributed by atoms with van der Waals surface area (Å²) < 4.78 is 26.7. The van der Waals surface area contributed by atoms with E-state index in [2.05, 4.69) is 4.72 Å². The predicted octanol–water partition coefficient (Wildman–Crippen LogP) is 0.469. The number of aliphatic hydroxyl groups excluding tert-OH is 1. The zero-order valence-corrected chi connectivity index (χ0v) is 11.8. The fourth-order valence-corrected chi connectivity index (χ4v) is 3.96. The van der Waals surface area contributed by atoms with Gasteiger partial charge in [-0.05, 0) is 33.2 Å². The van der Waals surface area contributed by atoms with E-state index in [-0.39, 0.29) is 16.9 Å². The van der Waals surface area contributed by atoms with Crippen molar-refractivity contribution in [1.29, 1.82) is 0 Å². The lowest BCUT2D eigenvalue weighted by Crippen LogP contribution is -2.39. The molecule has 0 aliphatic heterocycles. The van der Waals surface area contributed by atoms with E-state index in [4.69, 9.17) is 5.11 Å². The molecule has 7 heteroatoms. The minimum absolute atomic E-state index is 0.132. The minimum Gasteiger partial charge on any atom is -0.391 e. The molecule has 0 aliphatic carbocycles. The number of rotatable bonds is 6. The van der Waals surface area contributed by atoms with Crippen LogP contribution in [0, 0.1) is 0 Å². The van der Waals surface area contributed by atoms with E-state index >= 15 is 0 Å². The summed E-state index contributed by atoms with van der Waals surface area (Å²) in [5, 5.41) is 8.91. The molecule has 0 amide bonds. The van der Waals surface area contributed by atoms with Crippen molar-refractivity contribution in [3.63, 3.8) is 0 Å². The first-order valence-electron chi connectivity index (χ1n) is 5.22. The Morgan fingerprint density at radius 3 is 2.59 bits per heavy atom. The lowest BCUT2D eigenvalue weighted by molar-refractivity contribution is 0.285. The summed E-state index contributed by atoms with van der Waals surface area (Å²) >= 11 is 1.09. The van der Waals surface area contributed by atoms with Crippen LogP contribution in [0.3, 0.4) is 0 Å². The van der Waals surface area contributed by atoms with E-state index in [1.807, 2.05) is 25.9 Å². The van der Waals surface area contributed by atoms with E-state index in [0.29, 0.717) is 11.4 Å². The van der Waals surface area contributed by atoms with Crippen molar-refractivity contribution < 1.29 is 13.5 Å². The molecule has 0 fully saturated rings. The molecule has 17 heavy (non-hydrogen) atoms. The first kappa shape index (κ1) is 14.6. The molecule has 0 saturated heterocycles. The van der Waals surface area contributed by atoms with Crippen molar-refractivity contribution in [3.05, 3.63) is 17.0 Å². The molecule has 5 nitrogen and oxygen atoms in total. The highest BCUT2D eigenvalue weighted by atomic mass is 32.2. The summed E-state index contributed by atoms with van der Waals surface area (Å²) in [7, 11) is 0.314. The van der Waals surface area contributed by atoms with E-state index in [1.54, 1.807) is 6.07 Å². The van der Waals surface area contributed by atoms with Crippen LogP contribution in [0.25, 0.3) is 0 Å². The summed E-state index contributed by atoms with van der Waals surface area (Å²) in [6.45, 7) is 2.32. The van der Waals surface area contributed by atoms with E-state index in [9.17, 15) is 8.42 Å². The highest BCUT2D eigenvalue weighted by Gasteiger charge is 2.19. The van der Waals surface area contributed by atoms with Crippen LogP contribution in [0.1, 0.15) is 11.8 Å². The van der Waals surface area contributed by atoms with Gasteiger partial charge in [0.1, 0.15) is 4.21 Å². The Morgan fingerprint density at radius 2 is 2.12 bits per heavy atom. The fraction of sp³-hybridized carbons (Fsp3) is 0.600. The van der Waals surface area contributed by atoms with Gasteiger partial charge in [-0.3, -0.25) is 0 Å². The second-order valence-electron chi connectivity index (χ2n) is 4.16. The fourth-order valence-electron chi connectivity index (χ4n) is 1.50. The van der Waals surface area contributed by atoms with E-state index in [0.717, 1.165) is 11.3 Å². The van der Waals surface area contributed by atoms with Gasteiger partial charge in [0, 0.05) is 17.5 Å². The highest BCUT2D eigenvalue weighted by molar-refractivity contribution is 7.91. The topological polar surface area (TPSA) is 69.6 Å². The van der Waals surface area contributed by atoms with Crippen molar-refractivity contribution in [3.8, 4) is 0 Å². The number of aliphatic hydroxyl groups is 1. The molecule has 0 aromatic carbocycles. The Morgan fingerprint density at radius 1 is 1.47 bits per heavy atom. The van der Waals surface area contributed by atoms with Crippen LogP contribution in [-0.4, -0.2) is 45.1 Å². The molecule has 2 N–H and O–H groups in total. The maximum atomic E-state index is 12.0. The summed E-state index contributed by atoms with van der Waals surface area (Å²) in [5.74, 6) is 0. The van der Waals surface area contributed by atoms with Gasteiger partial charge in [0.15, 0.2) is 0 Å². The number of sulfonamides is 1. The predicted molar refractivity (Wildman–Crippen MR) is 68.6 cm³/mol. The maximum absolute atomic E-state index is 12.0. The molecule has 1 rings (SSSR count). The Balaban J connectivity index is 2.74. The number of nitrogens with zero attached hydrogens (tertiary/aromatic N) is 1. The third-order valence-corrected chi connectivity index (χ3v) is 5.20. The lowest BCUT2D eigenvalue weighted by Gasteiger charge is -2.17. The Labute approximate surface area is 106 Å². The average molecular weight is 278 g/mol. The van der Waals surface area contributed by atoms with E-state index < -0.39 is 10.0 Å². The monoisotopic (exact) mass is 278 g/mol. The minimum atomic E-state index is -3.46. The largest absolute Gasteiger partial charge is 0.391 e. The van der Waals surface area contributed by atoms with Gasteiger partial charge < -0.3 is 10.0 Å². The van der Waals surface area contributed by atoms with Gasteiger partial charge >= 0.3 is 0 Å². The zero-order chi connectivity index (χ0) is 13.1. The number of hydrogen-bond donors (Lipinski definition) is 2. The Bertz CT molecular complexity index is 454. The smallest absolute Gasteiger partial charge is 0.250 e. The van der Waals surface area contributed by atoms with Gasteiger partial charge in [-0.15, -0.1) is 11.3 Å². The zero-order valence-electron chi connectivity index (χ0n) is 10.2. The van der Waals surface area contributed by atoms with Crippen LogP contribution >= 0.6 is 11.3 Å². The lowest BCUT2D eigenvalue weighted by atomic mass is 10.3. The molecule has 0 saturated carbocycles. The third-order valence-electron chi connectivity index (χ3n) is 2.05. The number of hydrogen-bond acceptors (Lipinski definition) is 5. The van der Waals surface area contributed by atoms with Gasteiger partial charge in [0.05, 0.1) is 6.61 Å². The van der Waals surface area contributed by atoms with Crippen LogP contribution in [-0.2, 0) is 16.6 Å². The van der Waals surface area contributed by atoms with Gasteiger partial charge in [-0.25, -0.2) is 13.1 Å². The summed E-state index contributed by atoms with van der Waals surface area (Å²) in [6, 6.07) is 2.98. The molecule has 1 aromatic rings. The van der Waals surface area contributed by atoms with Crippen molar-refractivity contribution in [2.24, 2.45) is 0 Å². The standard InChI is InChI=1S/C10H18N2O3S2/c1-8(6-12(2)3)11-17(14,15)10-5-4-9(7-13)16-10/h4-5,8,11,13H,6-7H2,1-3H3. The van der Waals surface area contributed by atoms with Gasteiger partial charge in [-0.1, -0.05) is 0 Å². The molecule has 1 heterocycles. The summed E-state index contributed by atoms with van der Waals surface area (Å²) in [5.41, 5.74) is 0. The molecule has 1 unspecified atom stereocenters. The SMILES string of the molecule is CC(CN(C)C)NS(=O)(=O)c1ccc(CO)s1. The van der Waals surface area contributed by atoms with Gasteiger partial charge in [0.2, 0.25) is 10.0 Å². The van der Waals surface area contributed by atoms with E-state index in [1.165, 1.54) is 6.07 Å². The van der Waals surface area contributed by atoms with Crippen LogP contribution in [0.15, 0.2) is 16.3 Å². The van der Waals surface area contributed by atoms with Crippen LogP contribution < -0.4 is 4.72 Å². The molecule has 0 aliphatic rings. The normalized spacial score (nSPS) is 14.2. The average Bonchev–Trinajstić information content (AvgIpc) is 2.63. The first-order chi connectivity index (χ1) is 7.85.